The van der Waals surface area contributed by atoms with E-state index in [0.717, 1.165) is 4.47 Å². The molecule has 0 saturated carbocycles. The number of carbonyl (C=O) groups is 2. The van der Waals surface area contributed by atoms with E-state index in [2.05, 4.69) is 10.3 Å². The first-order chi connectivity index (χ1) is 16.3. The van der Waals surface area contributed by atoms with Crippen molar-refractivity contribution in [1.29, 1.82) is 0 Å². The molecule has 2 saturated heterocycles. The molecule has 0 radical (unpaired) electrons. The molecule has 0 unspecified atom stereocenters. The Hall–Kier alpha value is -3.29. The van der Waals surface area contributed by atoms with Gasteiger partial charge < -0.3 is 15.0 Å². The zero-order valence-corrected chi connectivity index (χ0v) is 19.2. The quantitative estimate of drug-likeness (QED) is 0.636. The number of ether oxygens (including phenoxy) is 1. The Morgan fingerprint density at radius 2 is 1.97 bits per heavy atom. The molecule has 182 valence electrons. The van der Waals surface area contributed by atoms with Gasteiger partial charge in [-0.3, -0.25) is 19.5 Å². The van der Waals surface area contributed by atoms with Crippen LogP contribution < -0.4 is 15.1 Å². The molecule has 1 N–H and O–H groups in total. The minimum absolute atomic E-state index is 0.00483. The Morgan fingerprint density at radius 3 is 2.68 bits per heavy atom. The molecular formula is C21H24FN5O6S. The number of cyclic esters (lactones) is 1. The molecule has 0 bridgehead atoms. The van der Waals surface area contributed by atoms with Gasteiger partial charge in [0, 0.05) is 32.4 Å². The predicted molar refractivity (Wildman–Crippen MR) is 119 cm³/mol. The summed E-state index contributed by atoms with van der Waals surface area (Å²) in [4.78, 5) is 35.6. The molecule has 4 rings (SSSR count). The lowest BCUT2D eigenvalue weighted by molar-refractivity contribution is -0.119. The van der Waals surface area contributed by atoms with Crippen molar-refractivity contribution in [3.8, 4) is 0 Å². The molecule has 13 heteroatoms. The average molecular weight is 494 g/mol. The SMILES string of the molecule is CC(=O)NC[C@H]1CN(c2ccc(N3CCON(S(=O)(=O)c4ccncc4)CC3)c(F)c2)C(=O)O1. The summed E-state index contributed by atoms with van der Waals surface area (Å²) < 4.78 is 46.7. The zero-order chi connectivity index (χ0) is 24.3. The number of rotatable bonds is 6. The molecule has 2 aliphatic heterocycles. The third kappa shape index (κ3) is 5.11. The maximum atomic E-state index is 15.0. The van der Waals surface area contributed by atoms with Crippen molar-refractivity contribution in [1.82, 2.24) is 14.8 Å². The molecule has 2 aromatic rings. The molecular weight excluding hydrogens is 469 g/mol. The number of hydroxylamine groups is 1. The lowest BCUT2D eigenvalue weighted by atomic mass is 10.2. The molecule has 2 fully saturated rings. The van der Waals surface area contributed by atoms with Gasteiger partial charge in [0.25, 0.3) is 10.0 Å². The second kappa shape index (κ2) is 9.91. The number of amides is 2. The summed E-state index contributed by atoms with van der Waals surface area (Å²) in [7, 11) is -3.87. The fourth-order valence-corrected chi connectivity index (χ4v) is 4.94. The average Bonchev–Trinajstić information content (AvgIpc) is 3.02. The minimum Gasteiger partial charge on any atom is -0.442 e. The molecule has 2 amide bonds. The van der Waals surface area contributed by atoms with E-state index in [-0.39, 0.29) is 55.8 Å². The number of nitrogens with zero attached hydrogens (tertiary/aromatic N) is 4. The molecule has 2 aliphatic rings. The van der Waals surface area contributed by atoms with Gasteiger partial charge in [-0.05, 0) is 30.3 Å². The van der Waals surface area contributed by atoms with Crippen LogP contribution in [-0.2, 0) is 24.4 Å². The van der Waals surface area contributed by atoms with E-state index in [4.69, 9.17) is 9.57 Å². The molecule has 11 nitrogen and oxygen atoms in total. The van der Waals surface area contributed by atoms with Crippen LogP contribution in [0.25, 0.3) is 0 Å². The number of pyridine rings is 1. The molecule has 3 heterocycles. The minimum atomic E-state index is -3.87. The highest BCUT2D eigenvalue weighted by molar-refractivity contribution is 7.89. The van der Waals surface area contributed by atoms with E-state index >= 15 is 4.39 Å². The van der Waals surface area contributed by atoms with E-state index < -0.39 is 28.0 Å². The second-order valence-corrected chi connectivity index (χ2v) is 9.55. The summed E-state index contributed by atoms with van der Waals surface area (Å²) in [6, 6.07) is 7.12. The van der Waals surface area contributed by atoms with Crippen LogP contribution in [0.3, 0.4) is 0 Å². The van der Waals surface area contributed by atoms with Gasteiger partial charge in [0.15, 0.2) is 0 Å². The molecule has 0 spiro atoms. The van der Waals surface area contributed by atoms with Crippen LogP contribution in [0.5, 0.6) is 0 Å². The lowest BCUT2D eigenvalue weighted by Gasteiger charge is -2.24. The van der Waals surface area contributed by atoms with Crippen LogP contribution in [0.1, 0.15) is 6.92 Å². The Kier molecular flexibility index (Phi) is 6.95. The molecule has 34 heavy (non-hydrogen) atoms. The summed E-state index contributed by atoms with van der Waals surface area (Å²) >= 11 is 0. The summed E-state index contributed by atoms with van der Waals surface area (Å²) in [5.74, 6) is -0.806. The Labute approximate surface area is 196 Å². The summed E-state index contributed by atoms with van der Waals surface area (Å²) in [5, 5.41) is 2.59. The number of aromatic nitrogens is 1. The highest BCUT2D eigenvalue weighted by Crippen LogP contribution is 2.29. The van der Waals surface area contributed by atoms with Crippen molar-refractivity contribution in [2.24, 2.45) is 0 Å². The number of hydrogen-bond acceptors (Lipinski definition) is 8. The smallest absolute Gasteiger partial charge is 0.414 e. The molecule has 0 aliphatic carbocycles. The Morgan fingerprint density at radius 1 is 1.21 bits per heavy atom. The van der Waals surface area contributed by atoms with Crippen molar-refractivity contribution in [3.63, 3.8) is 0 Å². The third-order valence-corrected chi connectivity index (χ3v) is 7.09. The predicted octanol–water partition coefficient (Wildman–Crippen LogP) is 1.12. The maximum Gasteiger partial charge on any atom is 0.414 e. The number of carbonyl (C=O) groups excluding carboxylic acids is 2. The van der Waals surface area contributed by atoms with Gasteiger partial charge in [-0.2, -0.15) is 0 Å². The largest absolute Gasteiger partial charge is 0.442 e. The van der Waals surface area contributed by atoms with Crippen LogP contribution >= 0.6 is 0 Å². The number of sulfonamides is 1. The number of hydrogen-bond donors (Lipinski definition) is 1. The van der Waals surface area contributed by atoms with E-state index in [1.165, 1.54) is 48.5 Å². The molecule has 1 aromatic heterocycles. The van der Waals surface area contributed by atoms with Crippen molar-refractivity contribution in [2.45, 2.75) is 17.9 Å². The van der Waals surface area contributed by atoms with Gasteiger partial charge in [-0.15, -0.1) is 0 Å². The van der Waals surface area contributed by atoms with Gasteiger partial charge in [0.2, 0.25) is 5.91 Å². The van der Waals surface area contributed by atoms with Gasteiger partial charge in [-0.1, -0.05) is 4.47 Å². The van der Waals surface area contributed by atoms with Crippen LogP contribution in [0.15, 0.2) is 47.6 Å². The van der Waals surface area contributed by atoms with E-state index in [1.54, 1.807) is 11.0 Å². The zero-order valence-electron chi connectivity index (χ0n) is 18.4. The Bertz CT molecular complexity index is 1170. The fraction of sp³-hybridized carbons (Fsp3) is 0.381. The fourth-order valence-electron chi connectivity index (χ4n) is 3.71. The first-order valence-electron chi connectivity index (χ1n) is 10.6. The molecule has 1 aromatic carbocycles. The Balaban J connectivity index is 1.43. The first-order valence-corrected chi connectivity index (χ1v) is 12.0. The van der Waals surface area contributed by atoms with E-state index in [1.807, 2.05) is 0 Å². The van der Waals surface area contributed by atoms with Crippen molar-refractivity contribution >= 4 is 33.4 Å². The monoisotopic (exact) mass is 493 g/mol. The van der Waals surface area contributed by atoms with E-state index in [9.17, 15) is 18.0 Å². The maximum absolute atomic E-state index is 15.0. The van der Waals surface area contributed by atoms with Crippen molar-refractivity contribution in [3.05, 3.63) is 48.5 Å². The number of benzene rings is 1. The van der Waals surface area contributed by atoms with Crippen LogP contribution in [0, 0.1) is 5.82 Å². The molecule has 1 atom stereocenters. The highest BCUT2D eigenvalue weighted by atomic mass is 32.2. The van der Waals surface area contributed by atoms with Crippen LogP contribution in [-0.4, -0.2) is 75.3 Å². The first kappa shape index (κ1) is 23.9. The standard InChI is InChI=1S/C21H24FN5O6S/c1-15(28)24-13-17-14-26(21(29)33-17)16-2-3-20(19(22)12-16)25-8-9-27(32-11-10-25)34(30,31)18-4-6-23-7-5-18/h2-7,12,17H,8-11,13-14H2,1H3,(H,24,28)/t17-/m0/s1. The normalized spacial score (nSPS) is 19.6. The van der Waals surface area contributed by atoms with Crippen LogP contribution in [0.2, 0.25) is 0 Å². The van der Waals surface area contributed by atoms with Gasteiger partial charge in [0.1, 0.15) is 11.9 Å². The topological polar surface area (TPSA) is 121 Å². The van der Waals surface area contributed by atoms with Crippen LogP contribution in [0.4, 0.5) is 20.6 Å². The lowest BCUT2D eigenvalue weighted by Crippen LogP contribution is -2.34. The van der Waals surface area contributed by atoms with Crippen molar-refractivity contribution in [2.75, 3.05) is 49.1 Å². The number of anilines is 2. The summed E-state index contributed by atoms with van der Waals surface area (Å²) in [5.41, 5.74) is 0.586. The third-order valence-electron chi connectivity index (χ3n) is 5.40. The van der Waals surface area contributed by atoms with Gasteiger partial charge >= 0.3 is 6.09 Å². The highest BCUT2D eigenvalue weighted by Gasteiger charge is 2.33. The number of halogens is 1. The van der Waals surface area contributed by atoms with E-state index in [0.29, 0.717) is 5.69 Å². The second-order valence-electron chi connectivity index (χ2n) is 7.72. The summed E-state index contributed by atoms with van der Waals surface area (Å²) in [6.07, 6.45) is 1.61. The number of nitrogens with one attached hydrogen (secondary N) is 1. The van der Waals surface area contributed by atoms with Gasteiger partial charge in [0.05, 0.1) is 42.5 Å². The van der Waals surface area contributed by atoms with Gasteiger partial charge in [-0.25, -0.2) is 17.6 Å². The summed E-state index contributed by atoms with van der Waals surface area (Å²) in [6.45, 7) is 2.21. The van der Waals surface area contributed by atoms with Crippen molar-refractivity contribution < 1.29 is 32.0 Å².